The van der Waals surface area contributed by atoms with Crippen molar-refractivity contribution in [3.63, 3.8) is 0 Å². The van der Waals surface area contributed by atoms with E-state index in [2.05, 4.69) is 44.5 Å². The number of carbonyl (C=O) groups excluding carboxylic acids is 1. The first-order chi connectivity index (χ1) is 14.1. The molecule has 0 saturated carbocycles. The Kier molecular flexibility index (Phi) is 5.46. The second-order valence-corrected chi connectivity index (χ2v) is 7.30. The van der Waals surface area contributed by atoms with E-state index in [4.69, 9.17) is 4.98 Å². The van der Waals surface area contributed by atoms with Crippen molar-refractivity contribution in [3.8, 4) is 0 Å². The van der Waals surface area contributed by atoms with Crippen molar-refractivity contribution in [2.45, 2.75) is 46.6 Å². The van der Waals surface area contributed by atoms with Crippen LogP contribution in [0.2, 0.25) is 0 Å². The van der Waals surface area contributed by atoms with Crippen LogP contribution in [0.1, 0.15) is 49.2 Å². The lowest BCUT2D eigenvalue weighted by atomic mass is 10.2. The number of fused-ring (bicyclic) bond motifs is 1. The average molecular weight is 396 g/mol. The van der Waals surface area contributed by atoms with Gasteiger partial charge < -0.3 is 9.80 Å². The summed E-state index contributed by atoms with van der Waals surface area (Å²) in [5, 5.41) is 12.9. The van der Waals surface area contributed by atoms with E-state index in [0.717, 1.165) is 50.5 Å². The molecule has 3 aromatic heterocycles. The van der Waals surface area contributed by atoms with Crippen LogP contribution in [0.3, 0.4) is 0 Å². The molecule has 9 nitrogen and oxygen atoms in total. The van der Waals surface area contributed by atoms with Gasteiger partial charge in [0.1, 0.15) is 17.3 Å². The molecule has 0 bridgehead atoms. The van der Waals surface area contributed by atoms with E-state index in [9.17, 15) is 4.79 Å². The molecule has 0 N–H and O–H groups in total. The average Bonchev–Trinajstić information content (AvgIpc) is 3.40. The van der Waals surface area contributed by atoms with Gasteiger partial charge in [0, 0.05) is 57.1 Å². The Morgan fingerprint density at radius 1 is 1.10 bits per heavy atom. The normalized spacial score (nSPS) is 14.7. The van der Waals surface area contributed by atoms with Crippen LogP contribution in [0.4, 0.5) is 5.82 Å². The summed E-state index contributed by atoms with van der Waals surface area (Å²) in [4.78, 5) is 21.6. The standard InChI is InChI=1S/C20H28N8O/c1-4-7-15-14-18(21-20-23-22-17(5-2)28(15)20)25-10-12-26(13-11-25)19(29)16-8-9-27(6-3)24-16/h8-9,14H,4-7,10-13H2,1-3H3. The van der Waals surface area contributed by atoms with Crippen molar-refractivity contribution in [1.82, 2.24) is 34.3 Å². The number of hydrogen-bond donors (Lipinski definition) is 0. The Morgan fingerprint density at radius 3 is 2.55 bits per heavy atom. The van der Waals surface area contributed by atoms with Gasteiger partial charge in [-0.2, -0.15) is 10.1 Å². The summed E-state index contributed by atoms with van der Waals surface area (Å²) in [6.07, 6.45) is 4.68. The van der Waals surface area contributed by atoms with Crippen molar-refractivity contribution in [3.05, 3.63) is 35.5 Å². The highest BCUT2D eigenvalue weighted by atomic mass is 16.2. The maximum atomic E-state index is 12.7. The van der Waals surface area contributed by atoms with Gasteiger partial charge in [-0.1, -0.05) is 20.3 Å². The van der Waals surface area contributed by atoms with Crippen molar-refractivity contribution in [2.75, 3.05) is 31.1 Å². The fraction of sp³-hybridized carbons (Fsp3) is 0.550. The number of rotatable bonds is 6. The molecule has 3 aromatic rings. The second kappa shape index (κ2) is 8.18. The van der Waals surface area contributed by atoms with Crippen LogP contribution in [0, 0.1) is 0 Å². The van der Waals surface area contributed by atoms with Gasteiger partial charge in [-0.3, -0.25) is 13.9 Å². The van der Waals surface area contributed by atoms with Crippen molar-refractivity contribution in [2.24, 2.45) is 0 Å². The van der Waals surface area contributed by atoms with Crippen LogP contribution in [0.5, 0.6) is 0 Å². The highest BCUT2D eigenvalue weighted by molar-refractivity contribution is 5.92. The summed E-state index contributed by atoms with van der Waals surface area (Å²) >= 11 is 0. The third-order valence-corrected chi connectivity index (χ3v) is 5.41. The van der Waals surface area contributed by atoms with E-state index in [1.807, 2.05) is 18.0 Å². The molecule has 0 unspecified atom stereocenters. The SMILES string of the molecule is CCCc1cc(N2CCN(C(=O)c3ccn(CC)n3)CC2)nc2nnc(CC)n12. The quantitative estimate of drug-likeness (QED) is 0.632. The molecule has 0 aliphatic carbocycles. The first-order valence-electron chi connectivity index (χ1n) is 10.5. The molecule has 1 aliphatic rings. The fourth-order valence-corrected chi connectivity index (χ4v) is 3.81. The summed E-state index contributed by atoms with van der Waals surface area (Å²) in [6, 6.07) is 3.95. The number of aryl methyl sites for hydroxylation is 3. The van der Waals surface area contributed by atoms with E-state index < -0.39 is 0 Å². The Morgan fingerprint density at radius 2 is 1.90 bits per heavy atom. The summed E-state index contributed by atoms with van der Waals surface area (Å²) in [5.74, 6) is 2.52. The molecule has 9 heteroatoms. The third-order valence-electron chi connectivity index (χ3n) is 5.41. The molecule has 29 heavy (non-hydrogen) atoms. The van der Waals surface area contributed by atoms with Crippen molar-refractivity contribution in [1.29, 1.82) is 0 Å². The zero-order chi connectivity index (χ0) is 20.4. The minimum atomic E-state index is -0.00280. The van der Waals surface area contributed by atoms with Crippen molar-refractivity contribution >= 4 is 17.5 Å². The van der Waals surface area contributed by atoms with Gasteiger partial charge in [0.2, 0.25) is 0 Å². The molecule has 1 aliphatic heterocycles. The largest absolute Gasteiger partial charge is 0.353 e. The molecular weight excluding hydrogens is 368 g/mol. The van der Waals surface area contributed by atoms with Crippen LogP contribution in [0.15, 0.2) is 18.3 Å². The highest BCUT2D eigenvalue weighted by Crippen LogP contribution is 2.20. The third kappa shape index (κ3) is 3.68. The lowest BCUT2D eigenvalue weighted by Gasteiger charge is -2.35. The molecule has 1 fully saturated rings. The molecule has 0 spiro atoms. The predicted molar refractivity (Wildman–Crippen MR) is 110 cm³/mol. The van der Waals surface area contributed by atoms with Gasteiger partial charge in [0.05, 0.1) is 0 Å². The number of anilines is 1. The fourth-order valence-electron chi connectivity index (χ4n) is 3.81. The molecule has 4 rings (SSSR count). The highest BCUT2D eigenvalue weighted by Gasteiger charge is 2.25. The Labute approximate surface area is 170 Å². The first-order valence-corrected chi connectivity index (χ1v) is 10.5. The maximum absolute atomic E-state index is 12.7. The molecule has 0 atom stereocenters. The molecule has 1 amide bonds. The predicted octanol–water partition coefficient (Wildman–Crippen LogP) is 1.82. The van der Waals surface area contributed by atoms with Crippen LogP contribution >= 0.6 is 0 Å². The zero-order valence-electron chi connectivity index (χ0n) is 17.4. The van der Waals surface area contributed by atoms with Crippen LogP contribution < -0.4 is 4.90 Å². The molecule has 0 radical (unpaired) electrons. The molecule has 0 aromatic carbocycles. The van der Waals surface area contributed by atoms with Gasteiger partial charge in [-0.15, -0.1) is 10.2 Å². The number of amides is 1. The first kappa shape index (κ1) is 19.4. The minimum Gasteiger partial charge on any atom is -0.353 e. The van der Waals surface area contributed by atoms with Gasteiger partial charge in [0.25, 0.3) is 11.7 Å². The van der Waals surface area contributed by atoms with E-state index in [0.29, 0.717) is 24.6 Å². The van der Waals surface area contributed by atoms with E-state index in [1.54, 1.807) is 10.7 Å². The van der Waals surface area contributed by atoms with Crippen LogP contribution in [-0.4, -0.2) is 66.3 Å². The summed E-state index contributed by atoms with van der Waals surface area (Å²) in [7, 11) is 0. The lowest BCUT2D eigenvalue weighted by molar-refractivity contribution is 0.0739. The van der Waals surface area contributed by atoms with E-state index in [-0.39, 0.29) is 5.91 Å². The molecule has 154 valence electrons. The lowest BCUT2D eigenvalue weighted by Crippen LogP contribution is -2.49. The second-order valence-electron chi connectivity index (χ2n) is 7.30. The molecule has 4 heterocycles. The van der Waals surface area contributed by atoms with E-state index in [1.165, 1.54) is 5.69 Å². The number of aromatic nitrogens is 6. The van der Waals surface area contributed by atoms with Gasteiger partial charge >= 0.3 is 0 Å². The monoisotopic (exact) mass is 396 g/mol. The Hall–Kier alpha value is -2.97. The molecular formula is C20H28N8O. The number of carbonyl (C=O) groups is 1. The Bertz CT molecular complexity index is 999. The van der Waals surface area contributed by atoms with Gasteiger partial charge in [0.15, 0.2) is 0 Å². The number of nitrogens with zero attached hydrogens (tertiary/aromatic N) is 8. The minimum absolute atomic E-state index is 0.00280. The Balaban J connectivity index is 1.50. The van der Waals surface area contributed by atoms with E-state index >= 15 is 0 Å². The van der Waals surface area contributed by atoms with Gasteiger partial charge in [-0.05, 0) is 19.4 Å². The number of piperazine rings is 1. The number of hydrogen-bond acceptors (Lipinski definition) is 6. The van der Waals surface area contributed by atoms with Crippen LogP contribution in [0.25, 0.3) is 5.78 Å². The van der Waals surface area contributed by atoms with Gasteiger partial charge in [-0.25, -0.2) is 0 Å². The summed E-state index contributed by atoms with van der Waals surface area (Å²) < 4.78 is 3.86. The summed E-state index contributed by atoms with van der Waals surface area (Å²) in [6.45, 7) is 9.81. The smallest absolute Gasteiger partial charge is 0.274 e. The van der Waals surface area contributed by atoms with Crippen LogP contribution in [-0.2, 0) is 19.4 Å². The summed E-state index contributed by atoms with van der Waals surface area (Å²) in [5.41, 5.74) is 1.71. The topological polar surface area (TPSA) is 84.5 Å². The maximum Gasteiger partial charge on any atom is 0.274 e. The molecule has 1 saturated heterocycles. The van der Waals surface area contributed by atoms with Crippen molar-refractivity contribution < 1.29 is 4.79 Å². The zero-order valence-corrected chi connectivity index (χ0v) is 17.4.